The van der Waals surface area contributed by atoms with Crippen molar-refractivity contribution >= 4 is 17.7 Å². The van der Waals surface area contributed by atoms with Gasteiger partial charge in [-0.15, -0.1) is 10.2 Å². The number of pyridine rings is 1. The van der Waals surface area contributed by atoms with Gasteiger partial charge in [0.05, 0.1) is 7.11 Å². The van der Waals surface area contributed by atoms with Crippen molar-refractivity contribution in [3.8, 4) is 22.8 Å². The zero-order valence-electron chi connectivity index (χ0n) is 19.5. The molecular formula is C26H27N5O2S. The summed E-state index contributed by atoms with van der Waals surface area (Å²) in [7, 11) is 1.64. The van der Waals surface area contributed by atoms with Crippen LogP contribution in [0.15, 0.2) is 84.3 Å². The fourth-order valence-corrected chi connectivity index (χ4v) is 4.83. The number of carbonyl (C=O) groups is 1. The Labute approximate surface area is 203 Å². The standard InChI is InChI=1S/C26H27N5O2S/c1-4-30(5-2)25(32)23(19-9-7-6-8-10-19)34-26-29-28-24(20-15-17-27-18-16-20)31(26)21-11-13-22(33-3)14-12-21/h6-18,23H,4-5H2,1-3H3. The van der Waals surface area contributed by atoms with Crippen LogP contribution in [0.2, 0.25) is 0 Å². The molecule has 1 unspecified atom stereocenters. The van der Waals surface area contributed by atoms with Gasteiger partial charge in [0, 0.05) is 36.7 Å². The van der Waals surface area contributed by atoms with Crippen molar-refractivity contribution < 1.29 is 9.53 Å². The predicted molar refractivity (Wildman–Crippen MR) is 134 cm³/mol. The summed E-state index contributed by atoms with van der Waals surface area (Å²) >= 11 is 1.41. The van der Waals surface area contributed by atoms with Crippen molar-refractivity contribution in [3.63, 3.8) is 0 Å². The third-order valence-electron chi connectivity index (χ3n) is 5.53. The Balaban J connectivity index is 1.82. The van der Waals surface area contributed by atoms with Gasteiger partial charge in [0.1, 0.15) is 11.0 Å². The van der Waals surface area contributed by atoms with E-state index in [-0.39, 0.29) is 5.91 Å². The van der Waals surface area contributed by atoms with Crippen LogP contribution in [-0.2, 0) is 4.79 Å². The number of likely N-dealkylation sites (N-methyl/N-ethyl adjacent to an activating group) is 1. The minimum absolute atomic E-state index is 0.0518. The van der Waals surface area contributed by atoms with Crippen LogP contribution in [0.3, 0.4) is 0 Å². The number of aromatic nitrogens is 4. The molecule has 0 saturated heterocycles. The molecule has 2 aromatic heterocycles. The van der Waals surface area contributed by atoms with E-state index >= 15 is 0 Å². The van der Waals surface area contributed by atoms with Gasteiger partial charge in [0.2, 0.25) is 5.91 Å². The fourth-order valence-electron chi connectivity index (χ4n) is 3.69. The first kappa shape index (κ1) is 23.5. The Bertz CT molecular complexity index is 1210. The van der Waals surface area contributed by atoms with Crippen molar-refractivity contribution in [2.45, 2.75) is 24.3 Å². The minimum atomic E-state index is -0.451. The van der Waals surface area contributed by atoms with Crippen LogP contribution in [0.5, 0.6) is 5.75 Å². The molecule has 0 aliphatic rings. The molecule has 2 heterocycles. The first-order valence-electron chi connectivity index (χ1n) is 11.2. The summed E-state index contributed by atoms with van der Waals surface area (Å²) in [6.07, 6.45) is 3.46. The maximum atomic E-state index is 13.5. The van der Waals surface area contributed by atoms with E-state index in [4.69, 9.17) is 4.74 Å². The van der Waals surface area contributed by atoms with Gasteiger partial charge >= 0.3 is 0 Å². The molecule has 0 N–H and O–H groups in total. The van der Waals surface area contributed by atoms with Gasteiger partial charge in [-0.3, -0.25) is 14.3 Å². The van der Waals surface area contributed by atoms with Crippen LogP contribution in [0, 0.1) is 0 Å². The van der Waals surface area contributed by atoms with Gasteiger partial charge in [0.15, 0.2) is 11.0 Å². The molecular weight excluding hydrogens is 446 g/mol. The number of carbonyl (C=O) groups excluding carboxylic acids is 1. The molecule has 174 valence electrons. The van der Waals surface area contributed by atoms with E-state index in [1.165, 1.54) is 11.8 Å². The molecule has 1 atom stereocenters. The average molecular weight is 474 g/mol. The zero-order chi connectivity index (χ0) is 23.9. The quantitative estimate of drug-likeness (QED) is 0.317. The number of thioether (sulfide) groups is 1. The molecule has 0 fully saturated rings. The van der Waals surface area contributed by atoms with Crippen LogP contribution < -0.4 is 4.74 Å². The molecule has 1 amide bonds. The highest BCUT2D eigenvalue weighted by Crippen LogP contribution is 2.38. The molecule has 0 spiro atoms. The van der Waals surface area contributed by atoms with Gasteiger partial charge in [-0.05, 0) is 55.8 Å². The van der Waals surface area contributed by atoms with Gasteiger partial charge in [-0.1, -0.05) is 42.1 Å². The van der Waals surface area contributed by atoms with Gasteiger partial charge < -0.3 is 9.64 Å². The van der Waals surface area contributed by atoms with E-state index in [1.54, 1.807) is 19.5 Å². The summed E-state index contributed by atoms with van der Waals surface area (Å²) in [6, 6.07) is 21.3. The van der Waals surface area contributed by atoms with E-state index in [1.807, 2.05) is 90.0 Å². The van der Waals surface area contributed by atoms with Crippen LogP contribution in [-0.4, -0.2) is 50.8 Å². The summed E-state index contributed by atoms with van der Waals surface area (Å²) in [5.41, 5.74) is 2.69. The normalized spacial score (nSPS) is 11.7. The number of benzene rings is 2. The highest BCUT2D eigenvalue weighted by molar-refractivity contribution is 8.00. The van der Waals surface area contributed by atoms with E-state index < -0.39 is 5.25 Å². The monoisotopic (exact) mass is 473 g/mol. The lowest BCUT2D eigenvalue weighted by Crippen LogP contribution is -2.34. The highest BCUT2D eigenvalue weighted by Gasteiger charge is 2.29. The van der Waals surface area contributed by atoms with Crippen molar-refractivity contribution in [2.75, 3.05) is 20.2 Å². The number of amides is 1. The van der Waals surface area contributed by atoms with Crippen LogP contribution in [0.1, 0.15) is 24.7 Å². The molecule has 2 aromatic carbocycles. The maximum absolute atomic E-state index is 13.5. The van der Waals surface area contributed by atoms with E-state index in [2.05, 4.69) is 15.2 Å². The third-order valence-corrected chi connectivity index (χ3v) is 6.71. The lowest BCUT2D eigenvalue weighted by molar-refractivity contribution is -0.130. The lowest BCUT2D eigenvalue weighted by atomic mass is 10.1. The molecule has 0 bridgehead atoms. The summed E-state index contributed by atoms with van der Waals surface area (Å²) in [5, 5.41) is 9.21. The van der Waals surface area contributed by atoms with Crippen molar-refractivity contribution in [1.82, 2.24) is 24.6 Å². The first-order valence-corrected chi connectivity index (χ1v) is 12.0. The van der Waals surface area contributed by atoms with Gasteiger partial charge in [-0.2, -0.15) is 0 Å². The summed E-state index contributed by atoms with van der Waals surface area (Å²) in [4.78, 5) is 19.5. The molecule has 0 aliphatic heterocycles. The Morgan fingerprint density at radius 1 is 0.971 bits per heavy atom. The van der Waals surface area contributed by atoms with Crippen molar-refractivity contribution in [1.29, 1.82) is 0 Å². The minimum Gasteiger partial charge on any atom is -0.497 e. The van der Waals surface area contributed by atoms with E-state index in [0.29, 0.717) is 24.1 Å². The fraction of sp³-hybridized carbons (Fsp3) is 0.231. The second kappa shape index (κ2) is 11.0. The van der Waals surface area contributed by atoms with Crippen LogP contribution >= 0.6 is 11.8 Å². The Morgan fingerprint density at radius 2 is 1.65 bits per heavy atom. The topological polar surface area (TPSA) is 73.1 Å². The van der Waals surface area contributed by atoms with E-state index in [9.17, 15) is 4.79 Å². The van der Waals surface area contributed by atoms with Gasteiger partial charge in [-0.25, -0.2) is 0 Å². The Hall–Kier alpha value is -3.65. The number of hydrogen-bond acceptors (Lipinski definition) is 6. The van der Waals surface area contributed by atoms with Gasteiger partial charge in [0.25, 0.3) is 0 Å². The van der Waals surface area contributed by atoms with E-state index in [0.717, 1.165) is 22.6 Å². The number of rotatable bonds is 9. The number of nitrogens with zero attached hydrogens (tertiary/aromatic N) is 5. The first-order chi connectivity index (χ1) is 16.7. The van der Waals surface area contributed by atoms with Crippen LogP contribution in [0.25, 0.3) is 17.1 Å². The maximum Gasteiger partial charge on any atom is 0.240 e. The van der Waals surface area contributed by atoms with Crippen molar-refractivity contribution in [2.24, 2.45) is 0 Å². The molecule has 0 aliphatic carbocycles. The summed E-state index contributed by atoms with van der Waals surface area (Å²) < 4.78 is 7.31. The summed E-state index contributed by atoms with van der Waals surface area (Å²) in [6.45, 7) is 5.28. The molecule has 4 aromatic rings. The highest BCUT2D eigenvalue weighted by atomic mass is 32.2. The third kappa shape index (κ3) is 4.97. The zero-order valence-corrected chi connectivity index (χ0v) is 20.3. The lowest BCUT2D eigenvalue weighted by Gasteiger charge is -2.25. The molecule has 7 nitrogen and oxygen atoms in total. The molecule has 0 radical (unpaired) electrons. The Kier molecular flexibility index (Phi) is 7.59. The second-order valence-electron chi connectivity index (χ2n) is 7.49. The van der Waals surface area contributed by atoms with Crippen LogP contribution in [0.4, 0.5) is 0 Å². The second-order valence-corrected chi connectivity index (χ2v) is 8.57. The largest absolute Gasteiger partial charge is 0.497 e. The number of methoxy groups -OCH3 is 1. The molecule has 34 heavy (non-hydrogen) atoms. The Morgan fingerprint density at radius 3 is 2.26 bits per heavy atom. The van der Waals surface area contributed by atoms with Crippen molar-refractivity contribution in [3.05, 3.63) is 84.7 Å². The summed E-state index contributed by atoms with van der Waals surface area (Å²) in [5.74, 6) is 1.49. The molecule has 0 saturated carbocycles. The molecule has 4 rings (SSSR count). The average Bonchev–Trinajstić information content (AvgIpc) is 3.32. The smallest absolute Gasteiger partial charge is 0.240 e. The number of ether oxygens (including phenoxy) is 1. The molecule has 8 heteroatoms. The predicted octanol–water partition coefficient (Wildman–Crippen LogP) is 5.04. The number of hydrogen-bond donors (Lipinski definition) is 0. The SMILES string of the molecule is CCN(CC)C(=O)C(Sc1nnc(-c2ccncc2)n1-c1ccc(OC)cc1)c1ccccc1.